The largest absolute Gasteiger partial charge is 0.507 e. The summed E-state index contributed by atoms with van der Waals surface area (Å²) in [6, 6.07) is 19.5. The Morgan fingerprint density at radius 1 is 0.976 bits per heavy atom. The molecule has 3 aromatic carbocycles. The van der Waals surface area contributed by atoms with Gasteiger partial charge in [0.05, 0.1) is 24.8 Å². The normalized spacial score (nSPS) is 16.5. The molecule has 8 heteroatoms. The van der Waals surface area contributed by atoms with Crippen LogP contribution >= 0.6 is 0 Å². The first-order valence-corrected chi connectivity index (χ1v) is 13.7. The number of likely N-dealkylation sites (N-methyl/N-ethyl adjacent to an activating group) is 1. The molecule has 1 amide bonds. The Kier molecular flexibility index (Phi) is 9.35. The van der Waals surface area contributed by atoms with Crippen LogP contribution in [0.15, 0.2) is 72.3 Å². The van der Waals surface area contributed by atoms with Gasteiger partial charge in [-0.2, -0.15) is 0 Å². The van der Waals surface area contributed by atoms with Gasteiger partial charge < -0.3 is 29.1 Å². The van der Waals surface area contributed by atoms with Gasteiger partial charge in [-0.15, -0.1) is 0 Å². The molecule has 0 aliphatic carbocycles. The fourth-order valence-electron chi connectivity index (χ4n) is 4.81. The van der Waals surface area contributed by atoms with Crippen molar-refractivity contribution in [2.75, 3.05) is 34.3 Å². The Bertz CT molecular complexity index is 1430. The van der Waals surface area contributed by atoms with Gasteiger partial charge in [-0.05, 0) is 81.9 Å². The summed E-state index contributed by atoms with van der Waals surface area (Å²) in [5.41, 5.74) is 2.91. The summed E-state index contributed by atoms with van der Waals surface area (Å²) in [6.07, 6.45) is -0.00945. The first-order chi connectivity index (χ1) is 19.6. The van der Waals surface area contributed by atoms with Gasteiger partial charge in [0, 0.05) is 18.7 Å². The monoisotopic (exact) mass is 558 g/mol. The van der Waals surface area contributed by atoms with E-state index in [1.165, 1.54) is 4.90 Å². The number of likely N-dealkylation sites (tertiary alicyclic amines) is 1. The smallest absolute Gasteiger partial charge is 0.295 e. The summed E-state index contributed by atoms with van der Waals surface area (Å²) in [5.74, 6) is 0.0658. The van der Waals surface area contributed by atoms with Crippen molar-refractivity contribution in [1.29, 1.82) is 0 Å². The number of aliphatic hydroxyl groups excluding tert-OH is 1. The van der Waals surface area contributed by atoms with E-state index in [2.05, 4.69) is 0 Å². The van der Waals surface area contributed by atoms with Crippen LogP contribution in [0.5, 0.6) is 17.2 Å². The van der Waals surface area contributed by atoms with Gasteiger partial charge >= 0.3 is 0 Å². The molecule has 1 fully saturated rings. The molecule has 0 bridgehead atoms. The number of aliphatic hydroxyl groups is 1. The van der Waals surface area contributed by atoms with E-state index >= 15 is 0 Å². The SMILES string of the molecule is COc1cc(C2C(=C(O)c3ccc(OC(C)C)c(C)c3)C(=O)C(=O)N2CCN(C)C)ccc1OCc1ccccc1. The molecule has 8 nitrogen and oxygen atoms in total. The summed E-state index contributed by atoms with van der Waals surface area (Å²) in [6.45, 7) is 6.95. The van der Waals surface area contributed by atoms with E-state index in [4.69, 9.17) is 14.2 Å². The number of methoxy groups -OCH3 is 1. The number of carbonyl (C=O) groups is 2. The zero-order valence-corrected chi connectivity index (χ0v) is 24.5. The number of hydrogen-bond donors (Lipinski definition) is 1. The van der Waals surface area contributed by atoms with Gasteiger partial charge in [-0.1, -0.05) is 36.4 Å². The molecule has 1 unspecified atom stereocenters. The number of ether oxygens (including phenoxy) is 3. The maximum atomic E-state index is 13.4. The van der Waals surface area contributed by atoms with Crippen molar-refractivity contribution in [2.45, 2.75) is 39.5 Å². The second-order valence-corrected chi connectivity index (χ2v) is 10.6. The zero-order valence-electron chi connectivity index (χ0n) is 24.5. The van der Waals surface area contributed by atoms with Crippen molar-refractivity contribution in [3.05, 3.63) is 94.6 Å². The van der Waals surface area contributed by atoms with Crippen LogP contribution in [-0.2, 0) is 16.2 Å². The first-order valence-electron chi connectivity index (χ1n) is 13.7. The molecule has 0 aromatic heterocycles. The molecule has 1 N–H and O–H groups in total. The Hall–Kier alpha value is -4.30. The standard InChI is InChI=1S/C33H38N2O6/c1-21(2)41-26-14-13-25(18-22(26)3)31(36)29-30(35(17-16-34(4)5)33(38)32(29)37)24-12-15-27(28(19-24)39-6)40-20-23-10-8-7-9-11-23/h7-15,18-19,21,30,36H,16-17,20H2,1-6H3. The highest BCUT2D eigenvalue weighted by Gasteiger charge is 2.46. The van der Waals surface area contributed by atoms with Gasteiger partial charge in [0.2, 0.25) is 0 Å². The lowest BCUT2D eigenvalue weighted by Gasteiger charge is -2.27. The van der Waals surface area contributed by atoms with Gasteiger partial charge in [0.15, 0.2) is 11.5 Å². The van der Waals surface area contributed by atoms with Gasteiger partial charge in [-0.25, -0.2) is 0 Å². The Balaban J connectivity index is 1.76. The number of Topliss-reactive ketones (excluding diaryl/α,β-unsaturated/α-hetero) is 1. The number of hydrogen-bond acceptors (Lipinski definition) is 7. The zero-order chi connectivity index (χ0) is 29.7. The van der Waals surface area contributed by atoms with Gasteiger partial charge in [-0.3, -0.25) is 9.59 Å². The molecular formula is C33H38N2O6. The highest BCUT2D eigenvalue weighted by molar-refractivity contribution is 6.46. The third-order valence-corrected chi connectivity index (χ3v) is 6.88. The van der Waals surface area contributed by atoms with Crippen molar-refractivity contribution in [2.24, 2.45) is 0 Å². The topological polar surface area (TPSA) is 88.5 Å². The number of nitrogens with zero attached hydrogens (tertiary/aromatic N) is 2. The van der Waals surface area contributed by atoms with E-state index in [0.717, 1.165) is 11.1 Å². The minimum absolute atomic E-state index is 0.00945. The quantitative estimate of drug-likeness (QED) is 0.193. The molecular weight excluding hydrogens is 520 g/mol. The molecule has 216 valence electrons. The minimum atomic E-state index is -0.807. The molecule has 1 heterocycles. The van der Waals surface area contributed by atoms with Crippen LogP contribution in [0.1, 0.15) is 42.1 Å². The Labute approximate surface area is 241 Å². The number of ketones is 1. The lowest BCUT2D eigenvalue weighted by atomic mass is 9.94. The van der Waals surface area contributed by atoms with Crippen molar-refractivity contribution >= 4 is 17.4 Å². The lowest BCUT2D eigenvalue weighted by molar-refractivity contribution is -0.140. The van der Waals surface area contributed by atoms with Crippen molar-refractivity contribution in [1.82, 2.24) is 9.80 Å². The molecule has 1 aliphatic heterocycles. The van der Waals surface area contributed by atoms with E-state index in [1.807, 2.05) is 70.1 Å². The van der Waals surface area contributed by atoms with E-state index in [0.29, 0.717) is 48.1 Å². The molecule has 3 aromatic rings. The van der Waals surface area contributed by atoms with Crippen molar-refractivity contribution < 1.29 is 28.9 Å². The average molecular weight is 559 g/mol. The van der Waals surface area contributed by atoms with E-state index in [1.54, 1.807) is 43.5 Å². The average Bonchev–Trinajstić information content (AvgIpc) is 3.20. The van der Waals surface area contributed by atoms with E-state index < -0.39 is 17.7 Å². The van der Waals surface area contributed by atoms with Crippen LogP contribution < -0.4 is 14.2 Å². The minimum Gasteiger partial charge on any atom is -0.507 e. The Morgan fingerprint density at radius 3 is 2.32 bits per heavy atom. The second-order valence-electron chi connectivity index (χ2n) is 10.6. The number of amides is 1. The van der Waals surface area contributed by atoms with Crippen molar-refractivity contribution in [3.63, 3.8) is 0 Å². The lowest BCUT2D eigenvalue weighted by Crippen LogP contribution is -2.35. The summed E-state index contributed by atoms with van der Waals surface area (Å²) in [5, 5.41) is 11.5. The number of carbonyl (C=O) groups excluding carboxylic acids is 2. The van der Waals surface area contributed by atoms with Crippen LogP contribution in [-0.4, -0.2) is 67.0 Å². The fraction of sp³-hybridized carbons (Fsp3) is 0.333. The predicted octanol–water partition coefficient (Wildman–Crippen LogP) is 5.35. The molecule has 41 heavy (non-hydrogen) atoms. The summed E-state index contributed by atoms with van der Waals surface area (Å²) in [7, 11) is 5.34. The Morgan fingerprint density at radius 2 is 1.68 bits per heavy atom. The van der Waals surface area contributed by atoms with Gasteiger partial charge in [0.1, 0.15) is 18.1 Å². The number of benzene rings is 3. The third-order valence-electron chi connectivity index (χ3n) is 6.88. The highest BCUT2D eigenvalue weighted by atomic mass is 16.5. The molecule has 0 radical (unpaired) electrons. The first kappa shape index (κ1) is 29.7. The van der Waals surface area contributed by atoms with E-state index in [-0.39, 0.29) is 17.4 Å². The molecule has 0 spiro atoms. The summed E-state index contributed by atoms with van der Waals surface area (Å²) in [4.78, 5) is 30.2. The molecule has 1 atom stereocenters. The molecule has 1 saturated heterocycles. The maximum absolute atomic E-state index is 13.4. The second kappa shape index (κ2) is 12.9. The van der Waals surface area contributed by atoms with Crippen LogP contribution in [0.25, 0.3) is 5.76 Å². The predicted molar refractivity (Wildman–Crippen MR) is 158 cm³/mol. The molecule has 4 rings (SSSR count). The summed E-state index contributed by atoms with van der Waals surface area (Å²) >= 11 is 0. The molecule has 0 saturated carbocycles. The van der Waals surface area contributed by atoms with Crippen LogP contribution in [0.4, 0.5) is 0 Å². The fourth-order valence-corrected chi connectivity index (χ4v) is 4.81. The van der Waals surface area contributed by atoms with Crippen LogP contribution in [0.3, 0.4) is 0 Å². The van der Waals surface area contributed by atoms with Gasteiger partial charge in [0.25, 0.3) is 11.7 Å². The highest BCUT2D eigenvalue weighted by Crippen LogP contribution is 2.42. The summed E-state index contributed by atoms with van der Waals surface area (Å²) < 4.78 is 17.5. The van der Waals surface area contributed by atoms with Crippen LogP contribution in [0.2, 0.25) is 0 Å². The maximum Gasteiger partial charge on any atom is 0.295 e. The van der Waals surface area contributed by atoms with Crippen LogP contribution in [0, 0.1) is 6.92 Å². The number of aryl methyl sites for hydroxylation is 1. The van der Waals surface area contributed by atoms with E-state index in [9.17, 15) is 14.7 Å². The molecule has 1 aliphatic rings. The number of rotatable bonds is 11. The third kappa shape index (κ3) is 6.72. The van der Waals surface area contributed by atoms with Crippen molar-refractivity contribution in [3.8, 4) is 17.2 Å².